The van der Waals surface area contributed by atoms with Gasteiger partial charge in [-0.25, -0.2) is 4.39 Å². The first kappa shape index (κ1) is 25.7. The van der Waals surface area contributed by atoms with Crippen molar-refractivity contribution in [3.8, 4) is 5.88 Å². The highest BCUT2D eigenvalue weighted by molar-refractivity contribution is 6.33. The molecule has 0 bridgehead atoms. The van der Waals surface area contributed by atoms with Crippen LogP contribution in [0.3, 0.4) is 0 Å². The SMILES string of the molecule is COc1nc(N)c(Cl)cc1C(=O)N[C@@H]1CCN(CC(=O)OCc2ccc(F)c(C)c2)C[C@@H]1OC. The van der Waals surface area contributed by atoms with Crippen LogP contribution in [0.4, 0.5) is 10.2 Å². The number of pyridine rings is 1. The molecular weight excluding hydrogens is 467 g/mol. The lowest BCUT2D eigenvalue weighted by molar-refractivity contribution is -0.147. The first-order valence-electron chi connectivity index (χ1n) is 10.7. The van der Waals surface area contributed by atoms with Crippen LogP contribution < -0.4 is 15.8 Å². The van der Waals surface area contributed by atoms with E-state index in [0.29, 0.717) is 25.1 Å². The van der Waals surface area contributed by atoms with Gasteiger partial charge in [-0.1, -0.05) is 17.7 Å². The third kappa shape index (κ3) is 6.34. The Morgan fingerprint density at radius 2 is 2.09 bits per heavy atom. The van der Waals surface area contributed by atoms with E-state index in [0.717, 1.165) is 5.56 Å². The number of nitrogens with one attached hydrogen (secondary N) is 1. The number of piperidine rings is 1. The van der Waals surface area contributed by atoms with Crippen molar-refractivity contribution in [1.29, 1.82) is 0 Å². The van der Waals surface area contributed by atoms with Crippen LogP contribution in [0.5, 0.6) is 5.88 Å². The van der Waals surface area contributed by atoms with E-state index in [1.807, 2.05) is 4.90 Å². The molecular formula is C23H28ClFN4O5. The third-order valence-electron chi connectivity index (χ3n) is 5.64. The molecule has 0 saturated carbocycles. The van der Waals surface area contributed by atoms with Crippen LogP contribution in [0.1, 0.15) is 27.9 Å². The highest BCUT2D eigenvalue weighted by Gasteiger charge is 2.32. The van der Waals surface area contributed by atoms with E-state index in [9.17, 15) is 14.0 Å². The fourth-order valence-electron chi connectivity index (χ4n) is 3.77. The molecule has 34 heavy (non-hydrogen) atoms. The van der Waals surface area contributed by atoms with Gasteiger partial charge in [0.25, 0.3) is 5.91 Å². The van der Waals surface area contributed by atoms with Gasteiger partial charge < -0.3 is 25.3 Å². The summed E-state index contributed by atoms with van der Waals surface area (Å²) in [7, 11) is 2.93. The summed E-state index contributed by atoms with van der Waals surface area (Å²) in [5, 5.41) is 3.08. The normalized spacial score (nSPS) is 18.4. The number of likely N-dealkylation sites (tertiary alicyclic amines) is 1. The lowest BCUT2D eigenvalue weighted by atomic mass is 10.0. The summed E-state index contributed by atoms with van der Waals surface area (Å²) in [4.78, 5) is 31.0. The lowest BCUT2D eigenvalue weighted by Crippen LogP contribution is -2.55. The Hall–Kier alpha value is -2.95. The third-order valence-corrected chi connectivity index (χ3v) is 5.95. The summed E-state index contributed by atoms with van der Waals surface area (Å²) in [5.74, 6) is -0.971. The molecule has 1 aromatic heterocycles. The zero-order valence-electron chi connectivity index (χ0n) is 19.3. The molecule has 0 aliphatic carbocycles. The fraction of sp³-hybridized carbons (Fsp3) is 0.435. The molecule has 0 spiro atoms. The van der Waals surface area contributed by atoms with E-state index in [1.165, 1.54) is 19.2 Å². The molecule has 9 nitrogen and oxygen atoms in total. The number of esters is 1. The number of aryl methyl sites for hydroxylation is 1. The summed E-state index contributed by atoms with van der Waals surface area (Å²) in [5.41, 5.74) is 7.06. The lowest BCUT2D eigenvalue weighted by Gasteiger charge is -2.37. The maximum atomic E-state index is 13.4. The number of nitrogen functional groups attached to an aromatic ring is 1. The standard InChI is InChI=1S/C23H28ClFN4O5/c1-13-8-14(4-5-17(13)25)12-34-20(30)11-29-7-6-18(19(10-29)32-2)27-22(31)15-9-16(24)21(26)28-23(15)33-3/h4-5,8-9,18-19H,6-7,10-12H2,1-3H3,(H2,26,28)(H,27,31)/t18-,19+/m1/s1. The molecule has 11 heteroatoms. The maximum Gasteiger partial charge on any atom is 0.320 e. The average molecular weight is 495 g/mol. The summed E-state index contributed by atoms with van der Waals surface area (Å²) in [6.45, 7) is 2.77. The predicted octanol–water partition coefficient (Wildman–Crippen LogP) is 2.34. The molecule has 1 fully saturated rings. The molecule has 1 aliphatic rings. The fourth-order valence-corrected chi connectivity index (χ4v) is 3.92. The van der Waals surface area contributed by atoms with Crippen LogP contribution in [0.15, 0.2) is 24.3 Å². The molecule has 1 aliphatic heterocycles. The largest absolute Gasteiger partial charge is 0.480 e. The van der Waals surface area contributed by atoms with Crippen molar-refractivity contribution in [2.24, 2.45) is 0 Å². The van der Waals surface area contributed by atoms with Gasteiger partial charge in [-0.3, -0.25) is 14.5 Å². The number of carbonyl (C=O) groups is 2. The van der Waals surface area contributed by atoms with E-state index < -0.39 is 11.9 Å². The van der Waals surface area contributed by atoms with Crippen LogP contribution in [0, 0.1) is 12.7 Å². The van der Waals surface area contributed by atoms with Gasteiger partial charge in [0, 0.05) is 20.2 Å². The first-order valence-corrected chi connectivity index (χ1v) is 11.1. The summed E-state index contributed by atoms with van der Waals surface area (Å²) >= 11 is 6.02. The van der Waals surface area contributed by atoms with E-state index in [-0.39, 0.29) is 53.4 Å². The van der Waals surface area contributed by atoms with Crippen molar-refractivity contribution >= 4 is 29.3 Å². The minimum Gasteiger partial charge on any atom is -0.480 e. The molecule has 0 radical (unpaired) electrons. The second-order valence-electron chi connectivity index (χ2n) is 8.03. The summed E-state index contributed by atoms with van der Waals surface area (Å²) < 4.78 is 29.4. The Kier molecular flexibility index (Phi) is 8.65. The minimum atomic E-state index is -0.416. The number of nitrogens with two attached hydrogens (primary N) is 1. The average Bonchev–Trinajstić information content (AvgIpc) is 2.82. The van der Waals surface area contributed by atoms with E-state index in [4.69, 9.17) is 31.5 Å². The molecule has 2 aromatic rings. The Morgan fingerprint density at radius 3 is 2.76 bits per heavy atom. The maximum absolute atomic E-state index is 13.4. The van der Waals surface area contributed by atoms with Crippen LogP contribution in [-0.4, -0.2) is 67.8 Å². The number of ether oxygens (including phenoxy) is 3. The number of hydrogen-bond donors (Lipinski definition) is 2. The predicted molar refractivity (Wildman–Crippen MR) is 124 cm³/mol. The zero-order chi connectivity index (χ0) is 24.8. The van der Waals surface area contributed by atoms with Crippen LogP contribution in [0.2, 0.25) is 5.02 Å². The number of amides is 1. The van der Waals surface area contributed by atoms with Crippen LogP contribution in [0.25, 0.3) is 0 Å². The molecule has 2 heterocycles. The van der Waals surface area contributed by atoms with Gasteiger partial charge in [0.2, 0.25) is 5.88 Å². The molecule has 1 saturated heterocycles. The number of anilines is 1. The summed E-state index contributed by atoms with van der Waals surface area (Å²) in [6.07, 6.45) is 0.195. The van der Waals surface area contributed by atoms with Crippen LogP contribution >= 0.6 is 11.6 Å². The van der Waals surface area contributed by atoms with Gasteiger partial charge >= 0.3 is 5.97 Å². The number of rotatable bonds is 8. The second-order valence-corrected chi connectivity index (χ2v) is 8.44. The Morgan fingerprint density at radius 1 is 1.32 bits per heavy atom. The highest BCUT2D eigenvalue weighted by Crippen LogP contribution is 2.25. The van der Waals surface area contributed by atoms with Crippen molar-refractivity contribution in [2.75, 3.05) is 39.6 Å². The smallest absolute Gasteiger partial charge is 0.320 e. The molecule has 1 aromatic carbocycles. The van der Waals surface area contributed by atoms with Crippen molar-refractivity contribution in [1.82, 2.24) is 15.2 Å². The number of carbonyl (C=O) groups excluding carboxylic acids is 2. The Bertz CT molecular complexity index is 1050. The van der Waals surface area contributed by atoms with Gasteiger partial charge in [-0.15, -0.1) is 0 Å². The number of methoxy groups -OCH3 is 2. The highest BCUT2D eigenvalue weighted by atomic mass is 35.5. The minimum absolute atomic E-state index is 0.0691. The van der Waals surface area contributed by atoms with Gasteiger partial charge in [0.05, 0.1) is 30.8 Å². The monoisotopic (exact) mass is 494 g/mol. The number of halogens is 2. The van der Waals surface area contributed by atoms with E-state index in [1.54, 1.807) is 26.2 Å². The number of aromatic nitrogens is 1. The molecule has 184 valence electrons. The van der Waals surface area contributed by atoms with Crippen LogP contribution in [-0.2, 0) is 20.9 Å². The molecule has 0 unspecified atom stereocenters. The molecule has 2 atom stereocenters. The first-order chi connectivity index (χ1) is 16.2. The number of nitrogens with zero attached hydrogens (tertiary/aromatic N) is 2. The number of benzene rings is 1. The van der Waals surface area contributed by atoms with Crippen molar-refractivity contribution in [3.63, 3.8) is 0 Å². The van der Waals surface area contributed by atoms with Crippen molar-refractivity contribution < 1.29 is 28.2 Å². The van der Waals surface area contributed by atoms with Gasteiger partial charge in [-0.05, 0) is 42.7 Å². The number of hydrogen-bond acceptors (Lipinski definition) is 8. The van der Waals surface area contributed by atoms with Crippen molar-refractivity contribution in [3.05, 3.63) is 51.8 Å². The molecule has 3 N–H and O–H groups in total. The Labute approximate surface area is 202 Å². The summed E-state index contributed by atoms with van der Waals surface area (Å²) in [6, 6.07) is 5.70. The second kappa shape index (κ2) is 11.5. The molecule has 1 amide bonds. The van der Waals surface area contributed by atoms with Gasteiger partial charge in [-0.2, -0.15) is 4.98 Å². The van der Waals surface area contributed by atoms with Gasteiger partial charge in [0.15, 0.2) is 0 Å². The van der Waals surface area contributed by atoms with Gasteiger partial charge in [0.1, 0.15) is 23.8 Å². The topological polar surface area (TPSA) is 116 Å². The Balaban J connectivity index is 1.54. The quantitative estimate of drug-likeness (QED) is 0.537. The van der Waals surface area contributed by atoms with E-state index >= 15 is 0 Å². The zero-order valence-corrected chi connectivity index (χ0v) is 20.0. The molecule has 3 rings (SSSR count). The van der Waals surface area contributed by atoms with Crippen molar-refractivity contribution in [2.45, 2.75) is 32.1 Å². The van der Waals surface area contributed by atoms with E-state index in [2.05, 4.69) is 10.3 Å².